The maximum Gasteiger partial charge on any atom is 0.401 e. The zero-order valence-electron chi connectivity index (χ0n) is 12.6. The molecule has 0 fully saturated rings. The Kier molecular flexibility index (Phi) is 8.50. The van der Waals surface area contributed by atoms with E-state index in [9.17, 15) is 27.6 Å². The van der Waals surface area contributed by atoms with Gasteiger partial charge in [-0.3, -0.25) is 14.4 Å². The van der Waals surface area contributed by atoms with Gasteiger partial charge < -0.3 is 10.4 Å². The third-order valence-electron chi connectivity index (χ3n) is 2.69. The van der Waals surface area contributed by atoms with Crippen molar-refractivity contribution in [3.63, 3.8) is 0 Å². The molecule has 0 aliphatic heterocycles. The van der Waals surface area contributed by atoms with E-state index < -0.39 is 47.3 Å². The zero-order chi connectivity index (χ0) is 17.5. The number of rotatable bonds is 8. The van der Waals surface area contributed by atoms with E-state index in [0.29, 0.717) is 11.8 Å². The van der Waals surface area contributed by atoms with E-state index in [1.165, 1.54) is 0 Å². The minimum absolute atomic E-state index is 0.0144. The second-order valence-electron chi connectivity index (χ2n) is 5.33. The molecule has 1 amide bonds. The van der Waals surface area contributed by atoms with Gasteiger partial charge in [0, 0.05) is 18.7 Å². The number of thioether (sulfide) groups is 1. The summed E-state index contributed by atoms with van der Waals surface area (Å²) in [6, 6.07) is -0.878. The van der Waals surface area contributed by atoms with Crippen LogP contribution in [0.1, 0.15) is 33.6 Å². The van der Waals surface area contributed by atoms with Crippen LogP contribution in [-0.4, -0.2) is 40.1 Å². The lowest BCUT2D eigenvalue weighted by molar-refractivity contribution is -0.178. The number of carboxylic acids is 1. The Bertz CT molecular complexity index is 413. The van der Waals surface area contributed by atoms with Crippen LogP contribution < -0.4 is 5.32 Å². The number of carbonyl (C=O) groups excluding carboxylic acids is 2. The average Bonchev–Trinajstić information content (AvgIpc) is 2.24. The van der Waals surface area contributed by atoms with Crippen LogP contribution in [0.15, 0.2) is 0 Å². The highest BCUT2D eigenvalue weighted by Crippen LogP contribution is 2.30. The van der Waals surface area contributed by atoms with Crippen LogP contribution in [0.5, 0.6) is 0 Å². The first-order valence-corrected chi connectivity index (χ1v) is 7.64. The topological polar surface area (TPSA) is 83.5 Å². The van der Waals surface area contributed by atoms with Crippen LogP contribution in [0.4, 0.5) is 13.2 Å². The van der Waals surface area contributed by atoms with Gasteiger partial charge in [0.25, 0.3) is 0 Å². The Morgan fingerprint density at radius 3 is 2.14 bits per heavy atom. The van der Waals surface area contributed by atoms with Crippen molar-refractivity contribution in [2.75, 3.05) is 5.75 Å². The lowest BCUT2D eigenvalue weighted by atomic mass is 10.00. The first-order valence-electron chi connectivity index (χ1n) is 6.65. The largest absolute Gasteiger partial charge is 0.481 e. The van der Waals surface area contributed by atoms with Crippen molar-refractivity contribution in [2.45, 2.75) is 45.8 Å². The molecule has 0 unspecified atom stereocenters. The van der Waals surface area contributed by atoms with Crippen LogP contribution >= 0.6 is 11.8 Å². The molecule has 0 rings (SSSR count). The summed E-state index contributed by atoms with van der Waals surface area (Å²) >= 11 is 0.413. The van der Waals surface area contributed by atoms with Gasteiger partial charge in [-0.25, -0.2) is 0 Å². The molecule has 0 saturated carbocycles. The third kappa shape index (κ3) is 8.91. The number of carbonyl (C=O) groups is 3. The van der Waals surface area contributed by atoms with Crippen LogP contribution in [0.3, 0.4) is 0 Å². The van der Waals surface area contributed by atoms with E-state index in [0.717, 1.165) is 6.92 Å². The summed E-state index contributed by atoms with van der Waals surface area (Å²) in [7, 11) is 0. The number of aliphatic carboxylic acids is 1. The highest BCUT2D eigenvalue weighted by Gasteiger charge is 2.45. The van der Waals surface area contributed by atoms with E-state index in [2.05, 4.69) is 5.32 Å². The molecule has 0 aromatic carbocycles. The SMILES string of the molecule is CC(=O)SC[C@@H](C(=O)N[C@H](CC(=O)O)CC(C)C)C(F)(F)F. The number of amides is 1. The van der Waals surface area contributed by atoms with Gasteiger partial charge >= 0.3 is 12.1 Å². The first kappa shape index (κ1) is 20.8. The predicted molar refractivity (Wildman–Crippen MR) is 76.3 cm³/mol. The normalized spacial score (nSPS) is 14.5. The second kappa shape index (κ2) is 9.02. The molecule has 0 radical (unpaired) electrons. The van der Waals surface area contributed by atoms with Gasteiger partial charge in [-0.1, -0.05) is 25.6 Å². The van der Waals surface area contributed by atoms with Gasteiger partial charge in [-0.05, 0) is 12.3 Å². The summed E-state index contributed by atoms with van der Waals surface area (Å²) < 4.78 is 38.7. The van der Waals surface area contributed by atoms with Crippen LogP contribution in [0, 0.1) is 11.8 Å². The molecule has 0 aromatic rings. The Morgan fingerprint density at radius 1 is 1.23 bits per heavy atom. The molecular formula is C13H20F3NO4S. The monoisotopic (exact) mass is 343 g/mol. The Morgan fingerprint density at radius 2 is 1.77 bits per heavy atom. The highest BCUT2D eigenvalue weighted by molar-refractivity contribution is 8.13. The smallest absolute Gasteiger partial charge is 0.401 e. The molecule has 0 aliphatic carbocycles. The van der Waals surface area contributed by atoms with Crippen molar-refractivity contribution in [3.05, 3.63) is 0 Å². The standard InChI is InChI=1S/C13H20F3NO4S/c1-7(2)4-9(5-11(19)20)17-12(21)10(13(14,15)16)6-22-8(3)18/h7,9-10H,4-6H2,1-3H3,(H,17,21)(H,19,20)/t9-,10-/m0/s1. The molecule has 2 atom stereocenters. The molecule has 0 aromatic heterocycles. The number of alkyl halides is 3. The van der Waals surface area contributed by atoms with Gasteiger partial charge in [0.2, 0.25) is 5.91 Å². The summed E-state index contributed by atoms with van der Waals surface area (Å²) in [5.74, 6) is -5.54. The average molecular weight is 343 g/mol. The Hall–Kier alpha value is -1.25. The summed E-state index contributed by atoms with van der Waals surface area (Å²) in [4.78, 5) is 33.4. The Balaban J connectivity index is 4.94. The number of hydrogen-bond acceptors (Lipinski definition) is 4. The van der Waals surface area contributed by atoms with Crippen LogP contribution in [0.25, 0.3) is 0 Å². The molecule has 5 nitrogen and oxygen atoms in total. The fourth-order valence-corrected chi connectivity index (χ4v) is 2.54. The van der Waals surface area contributed by atoms with Crippen molar-refractivity contribution >= 4 is 28.8 Å². The number of nitrogens with one attached hydrogen (secondary N) is 1. The zero-order valence-corrected chi connectivity index (χ0v) is 13.4. The molecule has 0 heterocycles. The highest BCUT2D eigenvalue weighted by atomic mass is 32.2. The number of halogens is 3. The minimum Gasteiger partial charge on any atom is -0.481 e. The maximum absolute atomic E-state index is 12.9. The maximum atomic E-state index is 12.9. The second-order valence-corrected chi connectivity index (χ2v) is 6.53. The van der Waals surface area contributed by atoms with E-state index in [1.54, 1.807) is 13.8 Å². The van der Waals surface area contributed by atoms with Crippen LogP contribution in [-0.2, 0) is 14.4 Å². The molecule has 0 spiro atoms. The van der Waals surface area contributed by atoms with Crippen molar-refractivity contribution in [1.29, 1.82) is 0 Å². The number of carboxylic acid groups (broad SMARTS) is 1. The third-order valence-corrected chi connectivity index (χ3v) is 3.59. The first-order chi connectivity index (χ1) is 9.93. The predicted octanol–water partition coefficient (Wildman–Crippen LogP) is 2.45. The molecular weight excluding hydrogens is 323 g/mol. The molecule has 0 bridgehead atoms. The molecule has 128 valence electrons. The van der Waals surface area contributed by atoms with Gasteiger partial charge in [0.1, 0.15) is 5.92 Å². The lowest BCUT2D eigenvalue weighted by Gasteiger charge is -2.24. The molecule has 0 aliphatic rings. The summed E-state index contributed by atoms with van der Waals surface area (Å²) in [6.07, 6.45) is -4.99. The number of hydrogen-bond donors (Lipinski definition) is 2. The van der Waals surface area contributed by atoms with E-state index in [-0.39, 0.29) is 12.3 Å². The molecule has 2 N–H and O–H groups in total. The fourth-order valence-electron chi connectivity index (χ4n) is 1.79. The van der Waals surface area contributed by atoms with Crippen molar-refractivity contribution in [2.24, 2.45) is 11.8 Å². The summed E-state index contributed by atoms with van der Waals surface area (Å²) in [5.41, 5.74) is 0. The van der Waals surface area contributed by atoms with Gasteiger partial charge in [-0.15, -0.1) is 0 Å². The fraction of sp³-hybridized carbons (Fsp3) is 0.769. The van der Waals surface area contributed by atoms with Gasteiger partial charge in [0.15, 0.2) is 5.12 Å². The summed E-state index contributed by atoms with van der Waals surface area (Å²) in [6.45, 7) is 4.66. The van der Waals surface area contributed by atoms with E-state index >= 15 is 0 Å². The van der Waals surface area contributed by atoms with Crippen molar-refractivity contribution < 1.29 is 32.7 Å². The van der Waals surface area contributed by atoms with E-state index in [4.69, 9.17) is 5.11 Å². The molecule has 22 heavy (non-hydrogen) atoms. The quantitative estimate of drug-likeness (QED) is 0.707. The lowest BCUT2D eigenvalue weighted by Crippen LogP contribution is -2.46. The molecule has 9 heteroatoms. The molecule has 0 saturated heterocycles. The van der Waals surface area contributed by atoms with Gasteiger partial charge in [0.05, 0.1) is 6.42 Å². The van der Waals surface area contributed by atoms with Crippen molar-refractivity contribution in [3.8, 4) is 0 Å². The summed E-state index contributed by atoms with van der Waals surface area (Å²) in [5, 5.41) is 10.4. The Labute approximate surface area is 131 Å². The van der Waals surface area contributed by atoms with Gasteiger partial charge in [-0.2, -0.15) is 13.2 Å². The minimum atomic E-state index is -4.79. The van der Waals surface area contributed by atoms with Crippen LogP contribution in [0.2, 0.25) is 0 Å². The van der Waals surface area contributed by atoms with Crippen molar-refractivity contribution in [1.82, 2.24) is 5.32 Å². The van der Waals surface area contributed by atoms with E-state index in [1.807, 2.05) is 0 Å².